The van der Waals surface area contributed by atoms with Crippen LogP contribution >= 0.6 is 0 Å². The van der Waals surface area contributed by atoms with Crippen LogP contribution in [0.1, 0.15) is 25.7 Å². The molecular formula is C8H13BO3. The minimum absolute atomic E-state index is 0.0883. The van der Waals surface area contributed by atoms with E-state index in [-0.39, 0.29) is 12.4 Å². The van der Waals surface area contributed by atoms with Crippen molar-refractivity contribution in [3.05, 3.63) is 0 Å². The van der Waals surface area contributed by atoms with Crippen LogP contribution in [0.4, 0.5) is 0 Å². The molecule has 3 nitrogen and oxygen atoms in total. The fourth-order valence-electron chi connectivity index (χ4n) is 1.64. The normalized spacial score (nSPS) is 41.2. The topological polar surface area (TPSA) is 31.0 Å². The van der Waals surface area contributed by atoms with Crippen LogP contribution in [0.3, 0.4) is 0 Å². The standard InChI is InChI=1S/C8H13BO3/c9-12-7-3-1-6(2-4-7)11-8-5-10-8/h6-8H,1-5H2. The summed E-state index contributed by atoms with van der Waals surface area (Å²) < 4.78 is 15.3. The van der Waals surface area contributed by atoms with Crippen LogP contribution in [0.15, 0.2) is 0 Å². The van der Waals surface area contributed by atoms with E-state index >= 15 is 0 Å². The molecule has 2 radical (unpaired) electrons. The second-order valence-corrected chi connectivity index (χ2v) is 3.43. The maximum absolute atomic E-state index is 5.58. The molecule has 1 heterocycles. The highest BCUT2D eigenvalue weighted by atomic mass is 16.8. The van der Waals surface area contributed by atoms with E-state index in [1.54, 1.807) is 0 Å². The van der Waals surface area contributed by atoms with Crippen LogP contribution in [0.5, 0.6) is 0 Å². The van der Waals surface area contributed by atoms with Crippen LogP contribution in [-0.4, -0.2) is 33.2 Å². The lowest BCUT2D eigenvalue weighted by atomic mass is 9.94. The van der Waals surface area contributed by atoms with Gasteiger partial charge in [0, 0.05) is 6.10 Å². The van der Waals surface area contributed by atoms with Crippen LogP contribution in [0.25, 0.3) is 0 Å². The Morgan fingerprint density at radius 1 is 1.08 bits per heavy atom. The highest BCUT2D eigenvalue weighted by molar-refractivity contribution is 5.98. The Morgan fingerprint density at radius 2 is 1.67 bits per heavy atom. The highest BCUT2D eigenvalue weighted by Crippen LogP contribution is 2.26. The van der Waals surface area contributed by atoms with Crippen molar-refractivity contribution in [1.82, 2.24) is 0 Å². The zero-order valence-electron chi connectivity index (χ0n) is 7.07. The predicted octanol–water partition coefficient (Wildman–Crippen LogP) is 0.771. The summed E-state index contributed by atoms with van der Waals surface area (Å²) in [6.07, 6.45) is 4.80. The van der Waals surface area contributed by atoms with Gasteiger partial charge in [-0.1, -0.05) is 0 Å². The molecule has 12 heavy (non-hydrogen) atoms. The first-order chi connectivity index (χ1) is 5.88. The van der Waals surface area contributed by atoms with Crippen LogP contribution in [0.2, 0.25) is 0 Å². The summed E-state index contributed by atoms with van der Waals surface area (Å²) in [4.78, 5) is 0. The van der Waals surface area contributed by atoms with E-state index in [0.29, 0.717) is 6.10 Å². The third-order valence-corrected chi connectivity index (χ3v) is 2.46. The van der Waals surface area contributed by atoms with E-state index in [2.05, 4.69) is 0 Å². The maximum Gasteiger partial charge on any atom is 0.283 e. The first-order valence-corrected chi connectivity index (χ1v) is 4.51. The molecule has 0 bridgehead atoms. The number of hydrogen-bond donors (Lipinski definition) is 0. The SMILES string of the molecule is [B]OC1CCC(OC2CO2)CC1. The number of rotatable bonds is 3. The van der Waals surface area contributed by atoms with Crippen LogP contribution in [0, 0.1) is 0 Å². The summed E-state index contributed by atoms with van der Waals surface area (Å²) in [5.41, 5.74) is 0. The van der Waals surface area contributed by atoms with Crippen LogP contribution in [-0.2, 0) is 14.1 Å². The molecule has 1 atom stereocenters. The summed E-state index contributed by atoms with van der Waals surface area (Å²) in [6.45, 7) is 0.771. The first-order valence-electron chi connectivity index (χ1n) is 4.51. The minimum atomic E-state index is 0.0883. The summed E-state index contributed by atoms with van der Waals surface area (Å²) in [5.74, 6) is 0. The molecule has 1 unspecified atom stereocenters. The van der Waals surface area contributed by atoms with E-state index in [1.165, 1.54) is 0 Å². The van der Waals surface area contributed by atoms with E-state index < -0.39 is 0 Å². The molecule has 2 fully saturated rings. The molecule has 4 heteroatoms. The van der Waals surface area contributed by atoms with Crippen LogP contribution < -0.4 is 0 Å². The molecular weight excluding hydrogens is 155 g/mol. The molecule has 0 amide bonds. The van der Waals surface area contributed by atoms with Gasteiger partial charge in [-0.15, -0.1) is 0 Å². The fraction of sp³-hybridized carbons (Fsp3) is 1.00. The predicted molar refractivity (Wildman–Crippen MR) is 43.7 cm³/mol. The Bertz CT molecular complexity index is 141. The van der Waals surface area contributed by atoms with E-state index in [4.69, 9.17) is 22.2 Å². The third-order valence-electron chi connectivity index (χ3n) is 2.46. The minimum Gasteiger partial charge on any atom is -0.445 e. The van der Waals surface area contributed by atoms with Crippen molar-refractivity contribution < 1.29 is 14.1 Å². The molecule has 1 aliphatic heterocycles. The molecule has 0 aromatic heterocycles. The van der Waals surface area contributed by atoms with Crippen molar-refractivity contribution in [2.75, 3.05) is 6.61 Å². The van der Waals surface area contributed by atoms with Gasteiger partial charge < -0.3 is 14.1 Å². The van der Waals surface area contributed by atoms with E-state index in [0.717, 1.165) is 32.3 Å². The Kier molecular flexibility index (Phi) is 2.68. The van der Waals surface area contributed by atoms with Gasteiger partial charge in [0.25, 0.3) is 8.05 Å². The molecule has 1 saturated heterocycles. The van der Waals surface area contributed by atoms with Gasteiger partial charge in [-0.3, -0.25) is 0 Å². The second kappa shape index (κ2) is 3.77. The van der Waals surface area contributed by atoms with Gasteiger partial charge in [0.1, 0.15) is 6.61 Å². The van der Waals surface area contributed by atoms with Gasteiger partial charge in [-0.25, -0.2) is 0 Å². The zero-order chi connectivity index (χ0) is 8.39. The monoisotopic (exact) mass is 168 g/mol. The summed E-state index contributed by atoms with van der Waals surface area (Å²) >= 11 is 0. The largest absolute Gasteiger partial charge is 0.445 e. The maximum atomic E-state index is 5.58. The fourth-order valence-corrected chi connectivity index (χ4v) is 1.64. The molecule has 0 spiro atoms. The number of ether oxygens (including phenoxy) is 2. The second-order valence-electron chi connectivity index (χ2n) is 3.43. The van der Waals surface area contributed by atoms with Gasteiger partial charge in [0.15, 0.2) is 6.29 Å². The van der Waals surface area contributed by atoms with E-state index in [1.807, 2.05) is 0 Å². The van der Waals surface area contributed by atoms with E-state index in [9.17, 15) is 0 Å². The summed E-state index contributed by atoms with van der Waals surface area (Å²) in [7, 11) is 5.10. The molecule has 66 valence electrons. The van der Waals surface area contributed by atoms with Gasteiger partial charge in [0.2, 0.25) is 0 Å². The Hall–Kier alpha value is -0.0551. The zero-order valence-corrected chi connectivity index (χ0v) is 7.07. The van der Waals surface area contributed by atoms with Crippen molar-refractivity contribution in [2.45, 2.75) is 44.2 Å². The lowest BCUT2D eigenvalue weighted by molar-refractivity contribution is -0.0418. The summed E-state index contributed by atoms with van der Waals surface area (Å²) in [5, 5.41) is 0. The van der Waals surface area contributed by atoms with Crippen molar-refractivity contribution >= 4 is 8.05 Å². The van der Waals surface area contributed by atoms with Crippen molar-refractivity contribution in [2.24, 2.45) is 0 Å². The van der Waals surface area contributed by atoms with Crippen molar-refractivity contribution in [3.8, 4) is 0 Å². The lowest BCUT2D eigenvalue weighted by Crippen LogP contribution is -2.26. The molecule has 1 saturated carbocycles. The highest BCUT2D eigenvalue weighted by Gasteiger charge is 2.29. The quantitative estimate of drug-likeness (QED) is 0.460. The van der Waals surface area contributed by atoms with Gasteiger partial charge in [0.05, 0.1) is 6.10 Å². The molecule has 2 rings (SSSR count). The molecule has 1 aliphatic carbocycles. The number of hydrogen-bond acceptors (Lipinski definition) is 3. The smallest absolute Gasteiger partial charge is 0.283 e. The number of epoxide rings is 1. The molecule has 0 N–H and O–H groups in total. The summed E-state index contributed by atoms with van der Waals surface area (Å²) in [6, 6.07) is 0. The molecule has 2 aliphatic rings. The third kappa shape index (κ3) is 2.22. The van der Waals surface area contributed by atoms with Gasteiger partial charge in [-0.05, 0) is 25.7 Å². The Morgan fingerprint density at radius 3 is 2.17 bits per heavy atom. The average molecular weight is 168 g/mol. The van der Waals surface area contributed by atoms with Gasteiger partial charge in [-0.2, -0.15) is 0 Å². The first kappa shape index (κ1) is 8.54. The average Bonchev–Trinajstić information content (AvgIpc) is 2.90. The lowest BCUT2D eigenvalue weighted by Gasteiger charge is -2.27. The Labute approximate surface area is 73.8 Å². The van der Waals surface area contributed by atoms with Gasteiger partial charge >= 0.3 is 0 Å². The van der Waals surface area contributed by atoms with Crippen molar-refractivity contribution in [1.29, 1.82) is 0 Å². The molecule has 0 aromatic carbocycles. The van der Waals surface area contributed by atoms with Crippen molar-refractivity contribution in [3.63, 3.8) is 0 Å². The Balaban J connectivity index is 1.66. The molecule has 0 aromatic rings.